The highest BCUT2D eigenvalue weighted by atomic mass is 79.9. The van der Waals surface area contributed by atoms with Crippen LogP contribution in [0.25, 0.3) is 0 Å². The molecule has 1 aromatic rings. The monoisotopic (exact) mass is 260 g/mol. The summed E-state index contributed by atoms with van der Waals surface area (Å²) in [5, 5.41) is 18.1. The normalized spacial score (nSPS) is 22.9. The fourth-order valence-electron chi connectivity index (χ4n) is 2.21. The van der Waals surface area contributed by atoms with E-state index in [2.05, 4.69) is 28.1 Å². The average Bonchev–Trinajstić information content (AvgIpc) is 2.61. The van der Waals surface area contributed by atoms with Crippen molar-refractivity contribution in [3.05, 3.63) is 33.8 Å². The first-order valence-electron chi connectivity index (χ1n) is 4.79. The standard InChI is InChI=1S/C12H9BrN2/c13-11-3-1-2-10-9(11)4-5-12(10,8-15)6-7-14/h1-3H,4-6H2. The molecule has 0 saturated heterocycles. The highest BCUT2D eigenvalue weighted by molar-refractivity contribution is 9.10. The van der Waals surface area contributed by atoms with Gasteiger partial charge >= 0.3 is 0 Å². The van der Waals surface area contributed by atoms with Crippen LogP contribution < -0.4 is 0 Å². The fourth-order valence-corrected chi connectivity index (χ4v) is 2.77. The van der Waals surface area contributed by atoms with Crippen molar-refractivity contribution in [2.45, 2.75) is 24.7 Å². The minimum absolute atomic E-state index is 0.285. The highest BCUT2D eigenvalue weighted by Crippen LogP contribution is 2.43. The van der Waals surface area contributed by atoms with Gasteiger partial charge in [0, 0.05) is 4.47 Å². The van der Waals surface area contributed by atoms with E-state index >= 15 is 0 Å². The van der Waals surface area contributed by atoms with Crippen LogP contribution in [0, 0.1) is 22.7 Å². The second kappa shape index (κ2) is 3.68. The van der Waals surface area contributed by atoms with Crippen molar-refractivity contribution < 1.29 is 0 Å². The number of nitrogens with zero attached hydrogens (tertiary/aromatic N) is 2. The summed E-state index contributed by atoms with van der Waals surface area (Å²) < 4.78 is 1.05. The molecule has 0 saturated carbocycles. The second-order valence-corrected chi connectivity index (χ2v) is 4.65. The number of fused-ring (bicyclic) bond motifs is 1. The minimum atomic E-state index is -0.576. The van der Waals surface area contributed by atoms with Gasteiger partial charge in [0.2, 0.25) is 0 Å². The van der Waals surface area contributed by atoms with E-state index in [-0.39, 0.29) is 6.42 Å². The Bertz CT molecular complexity index is 481. The van der Waals surface area contributed by atoms with Gasteiger partial charge in [-0.3, -0.25) is 0 Å². The third-order valence-electron chi connectivity index (χ3n) is 3.03. The van der Waals surface area contributed by atoms with Crippen molar-refractivity contribution in [3.8, 4) is 12.1 Å². The summed E-state index contributed by atoms with van der Waals surface area (Å²) in [6.45, 7) is 0. The third-order valence-corrected chi connectivity index (χ3v) is 3.77. The van der Waals surface area contributed by atoms with Gasteiger partial charge in [-0.05, 0) is 30.0 Å². The van der Waals surface area contributed by atoms with Crippen LogP contribution in [-0.4, -0.2) is 0 Å². The SMILES string of the molecule is N#CCC1(C#N)CCc2c(Br)cccc21. The summed E-state index contributed by atoms with van der Waals surface area (Å²) in [6, 6.07) is 10.3. The molecule has 2 rings (SSSR count). The average molecular weight is 261 g/mol. The molecule has 0 aliphatic heterocycles. The maximum Gasteiger partial charge on any atom is 0.0957 e. The van der Waals surface area contributed by atoms with E-state index in [4.69, 9.17) is 5.26 Å². The Morgan fingerprint density at radius 2 is 2.20 bits per heavy atom. The van der Waals surface area contributed by atoms with Gasteiger partial charge in [0.05, 0.1) is 24.0 Å². The number of rotatable bonds is 1. The minimum Gasteiger partial charge on any atom is -0.198 e. The first-order chi connectivity index (χ1) is 7.23. The Labute approximate surface area is 97.3 Å². The zero-order valence-corrected chi connectivity index (χ0v) is 9.71. The maximum absolute atomic E-state index is 9.27. The van der Waals surface area contributed by atoms with Crippen LogP contribution in [0.4, 0.5) is 0 Å². The van der Waals surface area contributed by atoms with E-state index in [0.29, 0.717) is 0 Å². The van der Waals surface area contributed by atoms with Gasteiger partial charge in [-0.1, -0.05) is 28.1 Å². The molecule has 1 aliphatic carbocycles. The first-order valence-corrected chi connectivity index (χ1v) is 5.59. The Balaban J connectivity index is 2.58. The molecule has 0 heterocycles. The number of nitriles is 2. The van der Waals surface area contributed by atoms with Gasteiger partial charge in [0.1, 0.15) is 0 Å². The lowest BCUT2D eigenvalue weighted by Gasteiger charge is -2.18. The maximum atomic E-state index is 9.27. The van der Waals surface area contributed by atoms with Crippen LogP contribution in [0.15, 0.2) is 22.7 Å². The van der Waals surface area contributed by atoms with Crippen LogP contribution in [0.1, 0.15) is 24.0 Å². The predicted octanol–water partition coefficient (Wildman–Crippen LogP) is 3.07. The molecule has 0 radical (unpaired) electrons. The van der Waals surface area contributed by atoms with Crippen LogP contribution >= 0.6 is 15.9 Å². The molecule has 15 heavy (non-hydrogen) atoms. The van der Waals surface area contributed by atoms with Crippen molar-refractivity contribution in [3.63, 3.8) is 0 Å². The quantitative estimate of drug-likeness (QED) is 0.779. The molecule has 2 nitrogen and oxygen atoms in total. The predicted molar refractivity (Wildman–Crippen MR) is 60.0 cm³/mol. The Morgan fingerprint density at radius 3 is 2.87 bits per heavy atom. The van der Waals surface area contributed by atoms with Gasteiger partial charge in [-0.15, -0.1) is 0 Å². The summed E-state index contributed by atoms with van der Waals surface area (Å²) in [5.74, 6) is 0. The number of halogens is 1. The molecule has 3 heteroatoms. The molecule has 74 valence electrons. The Kier molecular flexibility index (Phi) is 2.50. The van der Waals surface area contributed by atoms with Crippen molar-refractivity contribution in [2.24, 2.45) is 0 Å². The van der Waals surface area contributed by atoms with Crippen LogP contribution in [0.5, 0.6) is 0 Å². The summed E-state index contributed by atoms with van der Waals surface area (Å²) in [5.41, 5.74) is 1.64. The van der Waals surface area contributed by atoms with Crippen molar-refractivity contribution >= 4 is 15.9 Å². The highest BCUT2D eigenvalue weighted by Gasteiger charge is 2.39. The Hall–Kier alpha value is -1.32. The van der Waals surface area contributed by atoms with Gasteiger partial charge in [0.25, 0.3) is 0 Å². The summed E-state index contributed by atoms with van der Waals surface area (Å²) in [7, 11) is 0. The van der Waals surface area contributed by atoms with E-state index in [0.717, 1.165) is 22.9 Å². The zero-order valence-electron chi connectivity index (χ0n) is 8.13. The molecule has 0 bridgehead atoms. The van der Waals surface area contributed by atoms with E-state index in [1.54, 1.807) is 0 Å². The molecular weight excluding hydrogens is 252 g/mol. The van der Waals surface area contributed by atoms with Crippen LogP contribution in [0.3, 0.4) is 0 Å². The third kappa shape index (κ3) is 1.44. The number of hydrogen-bond acceptors (Lipinski definition) is 2. The van der Waals surface area contributed by atoms with Crippen molar-refractivity contribution in [1.29, 1.82) is 10.5 Å². The molecule has 1 unspecified atom stereocenters. The first kappa shape index (κ1) is 10.2. The number of hydrogen-bond donors (Lipinski definition) is 0. The molecular formula is C12H9BrN2. The topological polar surface area (TPSA) is 47.6 Å². The zero-order chi connectivity index (χ0) is 10.9. The second-order valence-electron chi connectivity index (χ2n) is 3.79. The van der Waals surface area contributed by atoms with Crippen molar-refractivity contribution in [2.75, 3.05) is 0 Å². The molecule has 1 atom stereocenters. The Morgan fingerprint density at radius 1 is 1.40 bits per heavy atom. The fraction of sp³-hybridized carbons (Fsp3) is 0.333. The lowest BCUT2D eigenvalue weighted by Crippen LogP contribution is -2.19. The van der Waals surface area contributed by atoms with E-state index in [1.165, 1.54) is 5.56 Å². The lowest BCUT2D eigenvalue weighted by molar-refractivity contribution is 0.558. The van der Waals surface area contributed by atoms with Crippen molar-refractivity contribution in [1.82, 2.24) is 0 Å². The summed E-state index contributed by atoms with van der Waals surface area (Å²) in [6.07, 6.45) is 1.92. The van der Waals surface area contributed by atoms with Crippen LogP contribution in [-0.2, 0) is 11.8 Å². The molecule has 1 aliphatic rings. The molecule has 1 aromatic carbocycles. The molecule has 0 N–H and O–H groups in total. The van der Waals surface area contributed by atoms with E-state index < -0.39 is 5.41 Å². The molecule has 0 amide bonds. The van der Waals surface area contributed by atoms with E-state index in [9.17, 15) is 5.26 Å². The van der Waals surface area contributed by atoms with Gasteiger partial charge < -0.3 is 0 Å². The number of benzene rings is 1. The smallest absolute Gasteiger partial charge is 0.0957 e. The van der Waals surface area contributed by atoms with Gasteiger partial charge in [-0.25, -0.2) is 0 Å². The van der Waals surface area contributed by atoms with Gasteiger partial charge in [-0.2, -0.15) is 10.5 Å². The van der Waals surface area contributed by atoms with Gasteiger partial charge in [0.15, 0.2) is 0 Å². The van der Waals surface area contributed by atoms with E-state index in [1.807, 2.05) is 18.2 Å². The molecule has 0 fully saturated rings. The summed E-state index contributed by atoms with van der Waals surface area (Å²) >= 11 is 3.49. The molecule has 0 aromatic heterocycles. The summed E-state index contributed by atoms with van der Waals surface area (Å²) in [4.78, 5) is 0. The largest absolute Gasteiger partial charge is 0.198 e. The van der Waals surface area contributed by atoms with Crippen LogP contribution in [0.2, 0.25) is 0 Å². The molecule has 0 spiro atoms. The lowest BCUT2D eigenvalue weighted by atomic mass is 9.81.